The lowest BCUT2D eigenvalue weighted by atomic mass is 10.0. The Morgan fingerprint density at radius 1 is 0.933 bits per heavy atom. The molecule has 2 heterocycles. The van der Waals surface area contributed by atoms with Crippen molar-refractivity contribution in [3.05, 3.63) is 104 Å². The van der Waals surface area contributed by atoms with E-state index in [1.54, 1.807) is 6.92 Å². The average Bonchev–Trinajstić information content (AvgIpc) is 2.71. The summed E-state index contributed by atoms with van der Waals surface area (Å²) in [7, 11) is 0. The fourth-order valence-corrected chi connectivity index (χ4v) is 3.19. The molecule has 8 heteroatoms. The van der Waals surface area contributed by atoms with Gasteiger partial charge in [-0.05, 0) is 42.3 Å². The predicted octanol–water partition coefficient (Wildman–Crippen LogP) is 3.30. The molecule has 4 aromatic rings. The largest absolute Gasteiger partial charge is 0.268 e. The van der Waals surface area contributed by atoms with E-state index in [2.05, 4.69) is 15.3 Å². The van der Waals surface area contributed by atoms with Crippen LogP contribution in [0.4, 0.5) is 8.78 Å². The Labute approximate surface area is 169 Å². The summed E-state index contributed by atoms with van der Waals surface area (Å²) in [6, 6.07) is 14.6. The summed E-state index contributed by atoms with van der Waals surface area (Å²) in [4.78, 5) is 23.9. The second-order valence-electron chi connectivity index (χ2n) is 6.80. The van der Waals surface area contributed by atoms with Gasteiger partial charge in [-0.15, -0.1) is 0 Å². The summed E-state index contributed by atoms with van der Waals surface area (Å²) in [5.74, 6) is -1.45. The number of halogens is 2. The molecule has 0 spiro atoms. The lowest BCUT2D eigenvalue weighted by Gasteiger charge is -2.10. The van der Waals surface area contributed by atoms with Crippen molar-refractivity contribution in [3.63, 3.8) is 0 Å². The summed E-state index contributed by atoms with van der Waals surface area (Å²) < 4.78 is 28.3. The molecular weight excluding hydrogens is 390 g/mol. The number of aromatic nitrogens is 4. The maximum Gasteiger partial charge on any atom is 0.267 e. The Bertz CT molecular complexity index is 1340. The molecule has 0 bridgehead atoms. The maximum atomic E-state index is 13.5. The number of nitrogens with one attached hydrogen (secondary N) is 1. The van der Waals surface area contributed by atoms with Gasteiger partial charge in [0.15, 0.2) is 0 Å². The van der Waals surface area contributed by atoms with Crippen molar-refractivity contribution in [1.29, 1.82) is 0 Å². The highest BCUT2D eigenvalue weighted by atomic mass is 19.1. The van der Waals surface area contributed by atoms with Crippen molar-refractivity contribution in [2.45, 2.75) is 13.5 Å². The second kappa shape index (κ2) is 7.82. The number of rotatable bonds is 4. The van der Waals surface area contributed by atoms with Crippen LogP contribution in [0.5, 0.6) is 0 Å². The average molecular weight is 406 g/mol. The Morgan fingerprint density at radius 2 is 1.70 bits per heavy atom. The normalized spacial score (nSPS) is 10.9. The van der Waals surface area contributed by atoms with Crippen molar-refractivity contribution in [1.82, 2.24) is 20.0 Å². The van der Waals surface area contributed by atoms with Gasteiger partial charge in [-0.2, -0.15) is 10.2 Å². The minimum atomic E-state index is -0.723. The molecule has 30 heavy (non-hydrogen) atoms. The summed E-state index contributed by atoms with van der Waals surface area (Å²) >= 11 is 0. The molecule has 0 amide bonds. The monoisotopic (exact) mass is 406 g/mol. The van der Waals surface area contributed by atoms with Crippen LogP contribution < -0.4 is 11.1 Å². The van der Waals surface area contributed by atoms with E-state index < -0.39 is 11.6 Å². The third-order valence-electron chi connectivity index (χ3n) is 4.59. The van der Waals surface area contributed by atoms with Crippen LogP contribution in [0.15, 0.2) is 70.3 Å². The van der Waals surface area contributed by atoms with Crippen molar-refractivity contribution < 1.29 is 8.78 Å². The van der Waals surface area contributed by atoms with Gasteiger partial charge in [0, 0.05) is 29.3 Å². The number of benzene rings is 2. The molecule has 0 saturated carbocycles. The highest BCUT2D eigenvalue weighted by molar-refractivity contribution is 5.65. The first-order valence-corrected chi connectivity index (χ1v) is 9.09. The summed E-state index contributed by atoms with van der Waals surface area (Å²) in [6.07, 6.45) is 0. The molecule has 6 nitrogen and oxygen atoms in total. The molecule has 1 N–H and O–H groups in total. The standard InChI is InChI=1S/C22H16F2N4O2/c1-13-19(11-21(29)26-25-13)15-4-2-3-14(7-15)12-28-22(30)6-5-20(27-28)16-8-17(23)10-18(24)9-16/h2-11H,12H2,1H3,(H,26,29). The molecule has 0 atom stereocenters. The van der Waals surface area contributed by atoms with Gasteiger partial charge < -0.3 is 0 Å². The molecule has 0 unspecified atom stereocenters. The van der Waals surface area contributed by atoms with Crippen LogP contribution in [-0.2, 0) is 6.54 Å². The van der Waals surface area contributed by atoms with Gasteiger partial charge in [0.2, 0.25) is 0 Å². The molecule has 0 radical (unpaired) electrons. The molecule has 150 valence electrons. The van der Waals surface area contributed by atoms with E-state index in [0.717, 1.165) is 29.3 Å². The Balaban J connectivity index is 1.70. The topological polar surface area (TPSA) is 80.6 Å². The maximum absolute atomic E-state index is 13.5. The van der Waals surface area contributed by atoms with Crippen molar-refractivity contribution in [2.24, 2.45) is 0 Å². The van der Waals surface area contributed by atoms with Gasteiger partial charge in [0.25, 0.3) is 11.1 Å². The first-order chi connectivity index (χ1) is 14.4. The third kappa shape index (κ3) is 4.07. The van der Waals surface area contributed by atoms with Gasteiger partial charge in [-0.25, -0.2) is 18.6 Å². The van der Waals surface area contributed by atoms with E-state index in [9.17, 15) is 18.4 Å². The number of hydrogen-bond donors (Lipinski definition) is 1. The van der Waals surface area contributed by atoms with E-state index in [1.807, 2.05) is 24.3 Å². The Kier molecular flexibility index (Phi) is 5.05. The SMILES string of the molecule is Cc1n[nH]c(=O)cc1-c1cccc(Cn2nc(-c3cc(F)cc(F)c3)ccc2=O)c1. The minimum Gasteiger partial charge on any atom is -0.268 e. The Morgan fingerprint density at radius 3 is 2.47 bits per heavy atom. The van der Waals surface area contributed by atoms with Crippen molar-refractivity contribution in [2.75, 3.05) is 0 Å². The molecule has 0 fully saturated rings. The van der Waals surface area contributed by atoms with Gasteiger partial charge in [-0.3, -0.25) is 9.59 Å². The van der Waals surface area contributed by atoms with Crippen LogP contribution in [0.1, 0.15) is 11.3 Å². The Hall–Kier alpha value is -3.94. The number of nitrogens with zero attached hydrogens (tertiary/aromatic N) is 3. The van der Waals surface area contributed by atoms with Gasteiger partial charge in [0.05, 0.1) is 17.9 Å². The first kappa shape index (κ1) is 19.4. The summed E-state index contributed by atoms with van der Waals surface area (Å²) in [5.41, 5.74) is 2.74. The van der Waals surface area contributed by atoms with E-state index in [4.69, 9.17) is 0 Å². The third-order valence-corrected chi connectivity index (χ3v) is 4.59. The zero-order valence-electron chi connectivity index (χ0n) is 15.9. The first-order valence-electron chi connectivity index (χ1n) is 9.09. The number of aromatic amines is 1. The van der Waals surface area contributed by atoms with Crippen LogP contribution in [0, 0.1) is 18.6 Å². The van der Waals surface area contributed by atoms with Crippen LogP contribution in [0.2, 0.25) is 0 Å². The molecule has 0 aliphatic heterocycles. The highest BCUT2D eigenvalue weighted by Crippen LogP contribution is 2.22. The van der Waals surface area contributed by atoms with Crippen LogP contribution >= 0.6 is 0 Å². The fourth-order valence-electron chi connectivity index (χ4n) is 3.19. The number of hydrogen-bond acceptors (Lipinski definition) is 4. The summed E-state index contributed by atoms with van der Waals surface area (Å²) in [6.45, 7) is 1.93. The van der Waals surface area contributed by atoms with Crippen LogP contribution in [0.25, 0.3) is 22.4 Å². The molecule has 2 aromatic heterocycles. The van der Waals surface area contributed by atoms with Crippen LogP contribution in [-0.4, -0.2) is 20.0 Å². The van der Waals surface area contributed by atoms with Crippen LogP contribution in [0.3, 0.4) is 0 Å². The van der Waals surface area contributed by atoms with E-state index in [0.29, 0.717) is 11.3 Å². The van der Waals surface area contributed by atoms with E-state index in [-0.39, 0.29) is 28.9 Å². The molecule has 0 saturated heterocycles. The van der Waals surface area contributed by atoms with Gasteiger partial charge >= 0.3 is 0 Å². The lowest BCUT2D eigenvalue weighted by Crippen LogP contribution is -2.22. The van der Waals surface area contributed by atoms with E-state index >= 15 is 0 Å². The van der Waals surface area contributed by atoms with E-state index in [1.165, 1.54) is 22.9 Å². The number of aryl methyl sites for hydroxylation is 1. The van der Waals surface area contributed by atoms with Crippen molar-refractivity contribution in [3.8, 4) is 22.4 Å². The zero-order valence-corrected chi connectivity index (χ0v) is 15.9. The fraction of sp³-hybridized carbons (Fsp3) is 0.0909. The second-order valence-corrected chi connectivity index (χ2v) is 6.80. The predicted molar refractivity (Wildman–Crippen MR) is 108 cm³/mol. The molecule has 0 aliphatic carbocycles. The van der Waals surface area contributed by atoms with Crippen molar-refractivity contribution >= 4 is 0 Å². The van der Waals surface area contributed by atoms with Gasteiger partial charge in [-0.1, -0.05) is 18.2 Å². The quantitative estimate of drug-likeness (QED) is 0.564. The zero-order chi connectivity index (χ0) is 21.3. The molecule has 2 aromatic carbocycles. The highest BCUT2D eigenvalue weighted by Gasteiger charge is 2.09. The minimum absolute atomic E-state index is 0.147. The lowest BCUT2D eigenvalue weighted by molar-refractivity contribution is 0.583. The smallest absolute Gasteiger partial charge is 0.267 e. The number of H-pyrrole nitrogens is 1. The molecular formula is C22H16F2N4O2. The summed E-state index contributed by atoms with van der Waals surface area (Å²) in [5, 5.41) is 10.6. The molecule has 4 rings (SSSR count). The van der Waals surface area contributed by atoms with Gasteiger partial charge in [0.1, 0.15) is 11.6 Å². The molecule has 0 aliphatic rings.